The maximum atomic E-state index is 10.8. The quantitative estimate of drug-likeness (QED) is 0.177. The summed E-state index contributed by atoms with van der Waals surface area (Å²) in [6.07, 6.45) is -20.9. The van der Waals surface area contributed by atoms with E-state index in [-0.39, 0.29) is 0 Å². The smallest absolute Gasteiger partial charge is 0.187 e. The highest BCUT2D eigenvalue weighted by atomic mass is 16.7. The molecule has 0 unspecified atom stereocenters. The van der Waals surface area contributed by atoms with Crippen LogP contribution in [0.4, 0.5) is 0 Å². The molecule has 0 saturated carbocycles. The summed E-state index contributed by atoms with van der Waals surface area (Å²) in [5.74, 6) is 0. The third-order valence-corrected chi connectivity index (χ3v) is 6.26. The van der Waals surface area contributed by atoms with Gasteiger partial charge in [-0.15, -0.1) is 0 Å². The molecule has 14 nitrogen and oxygen atoms in total. The first-order chi connectivity index (χ1) is 15.5. The zero-order valence-electron chi connectivity index (χ0n) is 18.4. The van der Waals surface area contributed by atoms with E-state index in [0.717, 1.165) is 0 Å². The highest BCUT2D eigenvalue weighted by Gasteiger charge is 2.52. The normalized spacial score (nSPS) is 53.7. The summed E-state index contributed by atoms with van der Waals surface area (Å²) >= 11 is 0. The van der Waals surface area contributed by atoms with Gasteiger partial charge in [0.2, 0.25) is 0 Å². The highest BCUT2D eigenvalue weighted by Crippen LogP contribution is 2.32. The topological polar surface area (TPSA) is 217 Å². The zero-order chi connectivity index (χ0) is 24.6. The Morgan fingerprint density at radius 1 is 0.606 bits per heavy atom. The fraction of sp³-hybridized carbons (Fsp3) is 1.00. The van der Waals surface area contributed by atoms with Gasteiger partial charge in [0.25, 0.3) is 0 Å². The van der Waals surface area contributed by atoms with Crippen LogP contribution in [0.15, 0.2) is 0 Å². The van der Waals surface area contributed by atoms with Gasteiger partial charge in [-0.05, 0) is 13.8 Å². The van der Waals surface area contributed by atoms with E-state index >= 15 is 0 Å². The van der Waals surface area contributed by atoms with Gasteiger partial charge in [0.1, 0.15) is 61.0 Å². The molecular weight excluding hydrogens is 452 g/mol. The van der Waals surface area contributed by atoms with E-state index in [9.17, 15) is 40.9 Å². The Kier molecular flexibility index (Phi) is 9.02. The fourth-order valence-corrected chi connectivity index (χ4v) is 4.19. The van der Waals surface area contributed by atoms with Gasteiger partial charge < -0.3 is 69.3 Å². The molecule has 0 aliphatic carbocycles. The SMILES string of the molecule is CO[C@@H]1[C@@H](O)[C@H](O[C@@H]2[C@@H](O)[C@H](C)O[C@@H](O[C@@H]3[C@H](O)[C@H](O)[C@H](C)O[C@H]3O)[C@@H]2O)O[C@H](CO)[C@H]1O. The first kappa shape index (κ1) is 27.0. The summed E-state index contributed by atoms with van der Waals surface area (Å²) in [4.78, 5) is 0. The van der Waals surface area contributed by atoms with E-state index in [0.29, 0.717) is 0 Å². The van der Waals surface area contributed by atoms with Crippen molar-refractivity contribution in [1.29, 1.82) is 0 Å². The van der Waals surface area contributed by atoms with Gasteiger partial charge in [-0.1, -0.05) is 0 Å². The van der Waals surface area contributed by atoms with Gasteiger partial charge in [0.05, 0.1) is 18.8 Å². The summed E-state index contributed by atoms with van der Waals surface area (Å²) in [6, 6.07) is 0. The van der Waals surface area contributed by atoms with Crippen molar-refractivity contribution in [1.82, 2.24) is 0 Å². The van der Waals surface area contributed by atoms with Crippen molar-refractivity contribution in [2.24, 2.45) is 0 Å². The van der Waals surface area contributed by atoms with Crippen LogP contribution in [-0.2, 0) is 28.4 Å². The summed E-state index contributed by atoms with van der Waals surface area (Å²) in [5.41, 5.74) is 0. The van der Waals surface area contributed by atoms with Crippen LogP contribution >= 0.6 is 0 Å². The predicted octanol–water partition coefficient (Wildman–Crippen LogP) is -4.86. The monoisotopic (exact) mass is 486 g/mol. The minimum Gasteiger partial charge on any atom is -0.394 e. The number of ether oxygens (including phenoxy) is 6. The Morgan fingerprint density at radius 3 is 1.76 bits per heavy atom. The van der Waals surface area contributed by atoms with Crippen molar-refractivity contribution in [2.45, 2.75) is 106 Å². The van der Waals surface area contributed by atoms with Crippen molar-refractivity contribution in [2.75, 3.05) is 13.7 Å². The van der Waals surface area contributed by atoms with Gasteiger partial charge in [-0.2, -0.15) is 0 Å². The second-order valence-electron chi connectivity index (χ2n) is 8.51. The predicted molar refractivity (Wildman–Crippen MR) is 103 cm³/mol. The molecule has 3 aliphatic heterocycles. The molecule has 0 aromatic rings. The lowest BCUT2D eigenvalue weighted by atomic mass is 9.96. The summed E-state index contributed by atoms with van der Waals surface area (Å²) < 4.78 is 32.1. The van der Waals surface area contributed by atoms with Gasteiger partial charge >= 0.3 is 0 Å². The summed E-state index contributed by atoms with van der Waals surface area (Å²) in [5, 5.41) is 81.8. The molecule has 3 heterocycles. The van der Waals surface area contributed by atoms with Gasteiger partial charge in [0.15, 0.2) is 18.9 Å². The summed E-state index contributed by atoms with van der Waals surface area (Å²) in [6.45, 7) is 2.27. The average Bonchev–Trinajstić information content (AvgIpc) is 2.77. The molecule has 0 aromatic carbocycles. The van der Waals surface area contributed by atoms with Crippen molar-refractivity contribution < 1.29 is 69.3 Å². The Bertz CT molecular complexity index is 625. The minimum absolute atomic E-state index is 0.618. The van der Waals surface area contributed by atoms with E-state index in [1.54, 1.807) is 0 Å². The zero-order valence-corrected chi connectivity index (χ0v) is 18.4. The standard InChI is InChI=1S/C19H34O14/c1-5-8(21)11(24)16(17(27)29-5)33-18-13(26)15(9(22)6(2)30-18)32-19-12(25)14(28-3)10(23)7(4-20)31-19/h5-27H,4H2,1-3H3/t5-,6-,7+,8+,9-,10+,11+,12+,13+,14-,15+,16+,17+,18-,19-/m0/s1. The van der Waals surface area contributed by atoms with E-state index in [1.807, 2.05) is 0 Å². The van der Waals surface area contributed by atoms with Gasteiger partial charge in [-0.25, -0.2) is 0 Å². The molecule has 8 N–H and O–H groups in total. The molecule has 0 aromatic heterocycles. The summed E-state index contributed by atoms with van der Waals surface area (Å²) in [7, 11) is 1.23. The van der Waals surface area contributed by atoms with Crippen LogP contribution in [0.2, 0.25) is 0 Å². The third-order valence-electron chi connectivity index (χ3n) is 6.26. The number of aliphatic hydroxyl groups is 8. The van der Waals surface area contributed by atoms with Gasteiger partial charge in [0, 0.05) is 7.11 Å². The molecular formula is C19H34O14. The number of aliphatic hydroxyl groups excluding tert-OH is 8. The maximum absolute atomic E-state index is 10.8. The number of hydrogen-bond donors (Lipinski definition) is 8. The van der Waals surface area contributed by atoms with Crippen LogP contribution in [-0.4, -0.2) is 147 Å². The fourth-order valence-electron chi connectivity index (χ4n) is 4.19. The van der Waals surface area contributed by atoms with E-state index in [2.05, 4.69) is 0 Å². The second kappa shape index (κ2) is 11.0. The second-order valence-corrected chi connectivity index (χ2v) is 8.51. The Labute approximate surface area is 189 Å². The van der Waals surface area contributed by atoms with E-state index in [1.165, 1.54) is 21.0 Å². The minimum atomic E-state index is -1.72. The largest absolute Gasteiger partial charge is 0.394 e. The highest BCUT2D eigenvalue weighted by molar-refractivity contribution is 4.95. The Morgan fingerprint density at radius 2 is 1.15 bits per heavy atom. The average molecular weight is 486 g/mol. The van der Waals surface area contributed by atoms with Crippen molar-refractivity contribution in [3.63, 3.8) is 0 Å². The van der Waals surface area contributed by atoms with Crippen LogP contribution in [0.5, 0.6) is 0 Å². The number of methoxy groups -OCH3 is 1. The first-order valence-corrected chi connectivity index (χ1v) is 10.7. The molecule has 194 valence electrons. The van der Waals surface area contributed by atoms with Crippen LogP contribution < -0.4 is 0 Å². The van der Waals surface area contributed by atoms with Crippen molar-refractivity contribution in [3.8, 4) is 0 Å². The molecule has 33 heavy (non-hydrogen) atoms. The number of hydrogen-bond acceptors (Lipinski definition) is 14. The third kappa shape index (κ3) is 5.34. The molecule has 3 rings (SSSR count). The van der Waals surface area contributed by atoms with Crippen LogP contribution in [0.1, 0.15) is 13.8 Å². The van der Waals surface area contributed by atoms with Gasteiger partial charge in [-0.3, -0.25) is 0 Å². The van der Waals surface area contributed by atoms with Crippen molar-refractivity contribution in [3.05, 3.63) is 0 Å². The van der Waals surface area contributed by atoms with Crippen LogP contribution in [0.25, 0.3) is 0 Å². The van der Waals surface area contributed by atoms with Crippen LogP contribution in [0, 0.1) is 0 Å². The molecule has 0 radical (unpaired) electrons. The van der Waals surface area contributed by atoms with Crippen molar-refractivity contribution >= 4 is 0 Å². The van der Waals surface area contributed by atoms with E-state index in [4.69, 9.17) is 28.4 Å². The Balaban J connectivity index is 1.74. The van der Waals surface area contributed by atoms with Crippen LogP contribution in [0.3, 0.4) is 0 Å². The van der Waals surface area contributed by atoms with E-state index < -0.39 is 98.7 Å². The molecule has 3 fully saturated rings. The number of rotatable bonds is 6. The lowest BCUT2D eigenvalue weighted by Gasteiger charge is -2.47. The molecule has 15 atom stereocenters. The first-order valence-electron chi connectivity index (χ1n) is 10.7. The molecule has 14 heteroatoms. The molecule has 3 saturated heterocycles. The molecule has 0 spiro atoms. The lowest BCUT2D eigenvalue weighted by molar-refractivity contribution is -0.379. The molecule has 0 bridgehead atoms. The maximum Gasteiger partial charge on any atom is 0.187 e. The molecule has 3 aliphatic rings. The lowest BCUT2D eigenvalue weighted by Crippen LogP contribution is -2.65. The Hall–Kier alpha value is -0.560. The molecule has 0 amide bonds.